The van der Waals surface area contributed by atoms with Crippen LogP contribution in [0.5, 0.6) is 5.75 Å². The molecule has 0 bridgehead atoms. The Labute approximate surface area is 125 Å². The summed E-state index contributed by atoms with van der Waals surface area (Å²) in [5, 5.41) is 9.25. The van der Waals surface area contributed by atoms with E-state index < -0.39 is 6.04 Å². The number of likely N-dealkylation sites (N-methyl/N-ethyl adjacent to an activating group) is 1. The SMILES string of the molecule is CN(CC1CCOCC1)C(=O)C(N)Cc1ccc(O)cc1. The van der Waals surface area contributed by atoms with Crippen LogP contribution in [0.4, 0.5) is 0 Å². The van der Waals surface area contributed by atoms with Gasteiger partial charge in [0.1, 0.15) is 5.75 Å². The third kappa shape index (κ3) is 4.72. The van der Waals surface area contributed by atoms with Crippen LogP contribution in [0.1, 0.15) is 18.4 Å². The maximum absolute atomic E-state index is 12.3. The Kier molecular flexibility index (Phi) is 5.59. The van der Waals surface area contributed by atoms with Crippen LogP contribution in [0.25, 0.3) is 0 Å². The summed E-state index contributed by atoms with van der Waals surface area (Å²) in [5.41, 5.74) is 6.97. The van der Waals surface area contributed by atoms with Crippen LogP contribution in [0, 0.1) is 5.92 Å². The van der Waals surface area contributed by atoms with E-state index in [1.165, 1.54) is 0 Å². The summed E-state index contributed by atoms with van der Waals surface area (Å²) in [4.78, 5) is 14.0. The second-order valence-electron chi connectivity index (χ2n) is 5.75. The van der Waals surface area contributed by atoms with Crippen LogP contribution >= 0.6 is 0 Å². The number of nitrogens with zero attached hydrogens (tertiary/aromatic N) is 1. The third-order valence-electron chi connectivity index (χ3n) is 3.96. The zero-order valence-electron chi connectivity index (χ0n) is 12.5. The summed E-state index contributed by atoms with van der Waals surface area (Å²) < 4.78 is 5.33. The van der Waals surface area contributed by atoms with E-state index in [9.17, 15) is 9.90 Å². The van der Waals surface area contributed by atoms with Gasteiger partial charge in [-0.05, 0) is 42.9 Å². The first-order valence-corrected chi connectivity index (χ1v) is 7.42. The lowest BCUT2D eigenvalue weighted by molar-refractivity contribution is -0.132. The van der Waals surface area contributed by atoms with Crippen LogP contribution in [0.3, 0.4) is 0 Å². The summed E-state index contributed by atoms with van der Waals surface area (Å²) in [7, 11) is 1.81. The standard InChI is InChI=1S/C16H24N2O3/c1-18(11-13-6-8-21-9-7-13)16(20)15(17)10-12-2-4-14(19)5-3-12/h2-5,13,15,19H,6-11,17H2,1H3. The van der Waals surface area contributed by atoms with Gasteiger partial charge in [-0.25, -0.2) is 0 Å². The number of nitrogens with two attached hydrogens (primary N) is 1. The number of amides is 1. The van der Waals surface area contributed by atoms with Crippen molar-refractivity contribution in [3.8, 4) is 5.75 Å². The lowest BCUT2D eigenvalue weighted by atomic mass is 9.99. The van der Waals surface area contributed by atoms with E-state index in [-0.39, 0.29) is 11.7 Å². The molecule has 3 N–H and O–H groups in total. The highest BCUT2D eigenvalue weighted by molar-refractivity contribution is 5.81. The molecule has 0 aliphatic carbocycles. The molecule has 1 saturated heterocycles. The molecule has 1 aliphatic rings. The quantitative estimate of drug-likeness (QED) is 0.853. The van der Waals surface area contributed by atoms with Gasteiger partial charge in [-0.2, -0.15) is 0 Å². The number of carbonyl (C=O) groups is 1. The molecule has 0 radical (unpaired) electrons. The fraction of sp³-hybridized carbons (Fsp3) is 0.562. The molecule has 5 nitrogen and oxygen atoms in total. The highest BCUT2D eigenvalue weighted by Gasteiger charge is 2.22. The molecule has 5 heteroatoms. The Morgan fingerprint density at radius 3 is 2.62 bits per heavy atom. The molecule has 1 fully saturated rings. The lowest BCUT2D eigenvalue weighted by Gasteiger charge is -2.28. The number of hydrogen-bond acceptors (Lipinski definition) is 4. The minimum Gasteiger partial charge on any atom is -0.508 e. The number of phenols is 1. The number of ether oxygens (including phenoxy) is 1. The maximum atomic E-state index is 12.3. The van der Waals surface area contributed by atoms with Crippen molar-refractivity contribution in [2.24, 2.45) is 11.7 Å². The summed E-state index contributed by atoms with van der Waals surface area (Å²) in [6.45, 7) is 2.31. The van der Waals surface area contributed by atoms with Crippen LogP contribution in [0.15, 0.2) is 24.3 Å². The van der Waals surface area contributed by atoms with Crippen molar-refractivity contribution < 1.29 is 14.6 Å². The molecule has 2 rings (SSSR count). The van der Waals surface area contributed by atoms with Crippen LogP contribution in [-0.2, 0) is 16.0 Å². The molecule has 0 saturated carbocycles. The number of hydrogen-bond donors (Lipinski definition) is 2. The van der Waals surface area contributed by atoms with Crippen molar-refractivity contribution in [1.82, 2.24) is 4.90 Å². The van der Waals surface area contributed by atoms with Crippen molar-refractivity contribution in [3.05, 3.63) is 29.8 Å². The van der Waals surface area contributed by atoms with Gasteiger partial charge in [0.05, 0.1) is 6.04 Å². The number of phenolic OH excluding ortho intramolecular Hbond substituents is 1. The molecule has 1 heterocycles. The normalized spacial score (nSPS) is 17.4. The second kappa shape index (κ2) is 7.43. The Balaban J connectivity index is 1.84. The van der Waals surface area contributed by atoms with Gasteiger partial charge in [0.25, 0.3) is 0 Å². The molecular formula is C16H24N2O3. The van der Waals surface area contributed by atoms with E-state index in [0.29, 0.717) is 12.3 Å². The van der Waals surface area contributed by atoms with Gasteiger partial charge in [0, 0.05) is 26.8 Å². The zero-order chi connectivity index (χ0) is 15.2. The topological polar surface area (TPSA) is 75.8 Å². The molecule has 1 unspecified atom stereocenters. The minimum atomic E-state index is -0.542. The van der Waals surface area contributed by atoms with E-state index in [1.54, 1.807) is 29.2 Å². The summed E-state index contributed by atoms with van der Waals surface area (Å²) in [6, 6.07) is 6.26. The highest BCUT2D eigenvalue weighted by atomic mass is 16.5. The van der Waals surface area contributed by atoms with Crippen LogP contribution in [-0.4, -0.2) is 48.8 Å². The minimum absolute atomic E-state index is 0.0328. The summed E-state index contributed by atoms with van der Waals surface area (Å²) >= 11 is 0. The average molecular weight is 292 g/mol. The lowest BCUT2D eigenvalue weighted by Crippen LogP contribution is -2.45. The highest BCUT2D eigenvalue weighted by Crippen LogP contribution is 2.16. The molecular weight excluding hydrogens is 268 g/mol. The monoisotopic (exact) mass is 292 g/mol. The third-order valence-corrected chi connectivity index (χ3v) is 3.96. The maximum Gasteiger partial charge on any atom is 0.239 e. The molecule has 1 aromatic rings. The van der Waals surface area contributed by atoms with Crippen molar-refractivity contribution in [3.63, 3.8) is 0 Å². The van der Waals surface area contributed by atoms with Gasteiger partial charge in [-0.1, -0.05) is 12.1 Å². The second-order valence-corrected chi connectivity index (χ2v) is 5.75. The Bertz CT molecular complexity index is 455. The molecule has 1 atom stereocenters. The fourth-order valence-electron chi connectivity index (χ4n) is 2.66. The van der Waals surface area contributed by atoms with E-state index in [1.807, 2.05) is 7.05 Å². The summed E-state index contributed by atoms with van der Waals surface area (Å²) in [5.74, 6) is 0.693. The Morgan fingerprint density at radius 2 is 2.00 bits per heavy atom. The summed E-state index contributed by atoms with van der Waals surface area (Å²) in [6.07, 6.45) is 2.49. The van der Waals surface area contributed by atoms with Gasteiger partial charge >= 0.3 is 0 Å². The number of rotatable bonds is 5. The van der Waals surface area contributed by atoms with Gasteiger partial charge in [-0.3, -0.25) is 4.79 Å². The van der Waals surface area contributed by atoms with E-state index in [2.05, 4.69) is 0 Å². The zero-order valence-corrected chi connectivity index (χ0v) is 12.5. The molecule has 21 heavy (non-hydrogen) atoms. The van der Waals surface area contributed by atoms with Crippen LogP contribution in [0.2, 0.25) is 0 Å². The fourth-order valence-corrected chi connectivity index (χ4v) is 2.66. The molecule has 1 aromatic carbocycles. The van der Waals surface area contributed by atoms with Crippen molar-refractivity contribution in [2.45, 2.75) is 25.3 Å². The van der Waals surface area contributed by atoms with E-state index in [4.69, 9.17) is 10.5 Å². The predicted molar refractivity (Wildman–Crippen MR) is 81.0 cm³/mol. The molecule has 0 spiro atoms. The van der Waals surface area contributed by atoms with Gasteiger partial charge in [0.15, 0.2) is 0 Å². The van der Waals surface area contributed by atoms with Crippen molar-refractivity contribution in [2.75, 3.05) is 26.8 Å². The first-order chi connectivity index (χ1) is 10.1. The van der Waals surface area contributed by atoms with Crippen molar-refractivity contribution >= 4 is 5.91 Å². The number of carbonyl (C=O) groups excluding carboxylic acids is 1. The van der Waals surface area contributed by atoms with Gasteiger partial charge < -0.3 is 20.5 Å². The first-order valence-electron chi connectivity index (χ1n) is 7.42. The predicted octanol–water partition coefficient (Wildman–Crippen LogP) is 1.15. The molecule has 1 amide bonds. The number of aromatic hydroxyl groups is 1. The van der Waals surface area contributed by atoms with Crippen molar-refractivity contribution in [1.29, 1.82) is 0 Å². The van der Waals surface area contributed by atoms with Gasteiger partial charge in [0.2, 0.25) is 5.91 Å². The average Bonchev–Trinajstić information content (AvgIpc) is 2.49. The smallest absolute Gasteiger partial charge is 0.239 e. The molecule has 116 valence electrons. The van der Waals surface area contributed by atoms with E-state index >= 15 is 0 Å². The van der Waals surface area contributed by atoms with Crippen LogP contribution < -0.4 is 5.73 Å². The van der Waals surface area contributed by atoms with E-state index in [0.717, 1.165) is 38.2 Å². The Hall–Kier alpha value is -1.59. The number of benzene rings is 1. The molecule has 0 aromatic heterocycles. The first kappa shape index (κ1) is 15.8. The Morgan fingerprint density at radius 1 is 1.38 bits per heavy atom. The van der Waals surface area contributed by atoms with Gasteiger partial charge in [-0.15, -0.1) is 0 Å². The largest absolute Gasteiger partial charge is 0.508 e. The molecule has 1 aliphatic heterocycles.